The summed E-state index contributed by atoms with van der Waals surface area (Å²) in [5.41, 5.74) is 2.73. The highest BCUT2D eigenvalue weighted by Gasteiger charge is 2.24. The van der Waals surface area contributed by atoms with E-state index in [1.54, 1.807) is 16.8 Å². The standard InChI is InChI=1S/C18H16FN5O/c1-2-25-15-9-5-13(6-10-15)17-11-16(12-3-7-14(19)8-4-12)20-18-21-22-23-24(17)18/h3-11,17H,2H2,1H3,(H,20,21,23). The molecule has 1 aliphatic heterocycles. The minimum absolute atomic E-state index is 0.165. The van der Waals surface area contributed by atoms with Gasteiger partial charge in [0.25, 0.3) is 0 Å². The number of nitrogens with zero attached hydrogens (tertiary/aromatic N) is 4. The van der Waals surface area contributed by atoms with Crippen molar-refractivity contribution in [1.82, 2.24) is 20.2 Å². The van der Waals surface area contributed by atoms with Crippen molar-refractivity contribution < 1.29 is 9.13 Å². The Labute approximate surface area is 143 Å². The van der Waals surface area contributed by atoms with Gasteiger partial charge in [-0.1, -0.05) is 17.2 Å². The Kier molecular flexibility index (Phi) is 3.89. The van der Waals surface area contributed by atoms with Crippen molar-refractivity contribution in [2.45, 2.75) is 13.0 Å². The molecule has 0 aliphatic carbocycles. The number of hydrogen-bond acceptors (Lipinski definition) is 5. The fourth-order valence-electron chi connectivity index (χ4n) is 2.82. The summed E-state index contributed by atoms with van der Waals surface area (Å²) in [6.45, 7) is 2.57. The Morgan fingerprint density at radius 1 is 1.12 bits per heavy atom. The molecule has 1 N–H and O–H groups in total. The topological polar surface area (TPSA) is 64.9 Å². The van der Waals surface area contributed by atoms with Crippen molar-refractivity contribution in [3.63, 3.8) is 0 Å². The van der Waals surface area contributed by atoms with Gasteiger partial charge in [0.1, 0.15) is 17.6 Å². The van der Waals surface area contributed by atoms with E-state index >= 15 is 0 Å². The first kappa shape index (κ1) is 15.3. The molecule has 1 aliphatic rings. The SMILES string of the molecule is CCOc1ccc(C2C=C(c3ccc(F)cc3)Nc3nnnn32)cc1. The third-order valence-electron chi connectivity index (χ3n) is 4.02. The monoisotopic (exact) mass is 337 g/mol. The maximum Gasteiger partial charge on any atom is 0.248 e. The van der Waals surface area contributed by atoms with Gasteiger partial charge in [0.15, 0.2) is 0 Å². The number of anilines is 1. The molecule has 1 unspecified atom stereocenters. The molecule has 7 heteroatoms. The van der Waals surface area contributed by atoms with E-state index in [2.05, 4.69) is 20.8 Å². The molecule has 1 atom stereocenters. The van der Waals surface area contributed by atoms with E-state index in [-0.39, 0.29) is 11.9 Å². The highest BCUT2D eigenvalue weighted by atomic mass is 19.1. The summed E-state index contributed by atoms with van der Waals surface area (Å²) in [7, 11) is 0. The maximum atomic E-state index is 13.2. The van der Waals surface area contributed by atoms with Gasteiger partial charge in [0.05, 0.1) is 6.61 Å². The normalized spacial score (nSPS) is 15.9. The molecule has 4 rings (SSSR count). The lowest BCUT2D eigenvalue weighted by molar-refractivity contribution is 0.340. The molecule has 25 heavy (non-hydrogen) atoms. The van der Waals surface area contributed by atoms with Crippen molar-refractivity contribution in [3.05, 3.63) is 71.6 Å². The van der Waals surface area contributed by atoms with Gasteiger partial charge >= 0.3 is 0 Å². The van der Waals surface area contributed by atoms with Crippen molar-refractivity contribution >= 4 is 11.6 Å². The van der Waals surface area contributed by atoms with Gasteiger partial charge in [-0.15, -0.1) is 0 Å². The average Bonchev–Trinajstić information content (AvgIpc) is 3.11. The zero-order valence-electron chi connectivity index (χ0n) is 13.6. The van der Waals surface area contributed by atoms with E-state index < -0.39 is 0 Å². The molecular formula is C18H16FN5O. The zero-order valence-corrected chi connectivity index (χ0v) is 13.6. The predicted octanol–water partition coefficient (Wildman–Crippen LogP) is 3.27. The van der Waals surface area contributed by atoms with Crippen LogP contribution >= 0.6 is 0 Å². The molecule has 0 fully saturated rings. The van der Waals surface area contributed by atoms with Crippen molar-refractivity contribution in [2.75, 3.05) is 11.9 Å². The zero-order chi connectivity index (χ0) is 17.2. The van der Waals surface area contributed by atoms with Gasteiger partial charge < -0.3 is 10.1 Å². The first-order valence-electron chi connectivity index (χ1n) is 8.00. The van der Waals surface area contributed by atoms with Gasteiger partial charge in [0, 0.05) is 5.70 Å². The van der Waals surface area contributed by atoms with E-state index in [9.17, 15) is 4.39 Å². The highest BCUT2D eigenvalue weighted by Crippen LogP contribution is 2.32. The number of nitrogens with one attached hydrogen (secondary N) is 1. The first-order valence-corrected chi connectivity index (χ1v) is 8.00. The fraction of sp³-hybridized carbons (Fsp3) is 0.167. The lowest BCUT2D eigenvalue weighted by Crippen LogP contribution is -2.20. The molecule has 1 aromatic heterocycles. The summed E-state index contributed by atoms with van der Waals surface area (Å²) in [5.74, 6) is 1.09. The van der Waals surface area contributed by atoms with Crippen LogP contribution in [0.5, 0.6) is 5.75 Å². The van der Waals surface area contributed by atoms with Crippen molar-refractivity contribution in [1.29, 1.82) is 0 Å². The fourth-order valence-corrected chi connectivity index (χ4v) is 2.82. The Balaban J connectivity index is 1.73. The van der Waals surface area contributed by atoms with Gasteiger partial charge in [-0.05, 0) is 71.0 Å². The van der Waals surface area contributed by atoms with Crippen LogP contribution in [0.1, 0.15) is 24.1 Å². The number of fused-ring (bicyclic) bond motifs is 1. The number of ether oxygens (including phenoxy) is 1. The molecule has 0 saturated carbocycles. The van der Waals surface area contributed by atoms with Crippen molar-refractivity contribution in [2.24, 2.45) is 0 Å². The van der Waals surface area contributed by atoms with Crippen LogP contribution in [0.25, 0.3) is 5.70 Å². The second-order valence-corrected chi connectivity index (χ2v) is 5.61. The molecule has 126 valence electrons. The third kappa shape index (κ3) is 2.96. The summed E-state index contributed by atoms with van der Waals surface area (Å²) >= 11 is 0. The van der Waals surface area contributed by atoms with Crippen LogP contribution in [-0.2, 0) is 0 Å². The maximum absolute atomic E-state index is 13.2. The van der Waals surface area contributed by atoms with Gasteiger partial charge in [0.2, 0.25) is 5.95 Å². The summed E-state index contributed by atoms with van der Waals surface area (Å²) in [4.78, 5) is 0. The van der Waals surface area contributed by atoms with Crippen LogP contribution < -0.4 is 10.1 Å². The molecule has 0 saturated heterocycles. The number of allylic oxidation sites excluding steroid dienone is 1. The van der Waals surface area contributed by atoms with Gasteiger partial charge in [-0.2, -0.15) is 4.68 Å². The molecule has 2 aromatic carbocycles. The van der Waals surface area contributed by atoms with E-state index in [4.69, 9.17) is 4.74 Å². The smallest absolute Gasteiger partial charge is 0.248 e. The lowest BCUT2D eigenvalue weighted by Gasteiger charge is -2.23. The largest absolute Gasteiger partial charge is 0.494 e. The average molecular weight is 337 g/mol. The highest BCUT2D eigenvalue weighted by molar-refractivity contribution is 5.76. The van der Waals surface area contributed by atoms with E-state index in [1.165, 1.54) is 12.1 Å². The number of rotatable bonds is 4. The van der Waals surface area contributed by atoms with Crippen LogP contribution in [-0.4, -0.2) is 26.8 Å². The van der Waals surface area contributed by atoms with Crippen LogP contribution in [0, 0.1) is 5.82 Å². The van der Waals surface area contributed by atoms with E-state index in [1.807, 2.05) is 37.3 Å². The Bertz CT molecular complexity index is 902. The van der Waals surface area contributed by atoms with Crippen LogP contribution in [0.4, 0.5) is 10.3 Å². The molecule has 0 amide bonds. The number of hydrogen-bond donors (Lipinski definition) is 1. The number of aromatic nitrogens is 4. The molecule has 0 bridgehead atoms. The second kappa shape index (κ2) is 6.35. The summed E-state index contributed by atoms with van der Waals surface area (Å²) < 4.78 is 20.4. The second-order valence-electron chi connectivity index (χ2n) is 5.61. The Morgan fingerprint density at radius 2 is 1.88 bits per heavy atom. The first-order chi connectivity index (χ1) is 12.2. The lowest BCUT2D eigenvalue weighted by atomic mass is 10.0. The number of halogens is 1. The number of benzene rings is 2. The van der Waals surface area contributed by atoms with E-state index in [0.29, 0.717) is 12.6 Å². The molecule has 3 aromatic rings. The quantitative estimate of drug-likeness (QED) is 0.791. The van der Waals surface area contributed by atoms with Crippen LogP contribution in [0.3, 0.4) is 0 Å². The molecule has 6 nitrogen and oxygen atoms in total. The molecule has 0 spiro atoms. The molecule has 0 radical (unpaired) electrons. The summed E-state index contributed by atoms with van der Waals surface area (Å²) in [6.07, 6.45) is 2.02. The minimum atomic E-state index is -0.270. The summed E-state index contributed by atoms with van der Waals surface area (Å²) in [5, 5.41) is 15.0. The van der Waals surface area contributed by atoms with Gasteiger partial charge in [-0.25, -0.2) is 4.39 Å². The molecular weight excluding hydrogens is 321 g/mol. The third-order valence-corrected chi connectivity index (χ3v) is 4.02. The van der Waals surface area contributed by atoms with Crippen molar-refractivity contribution in [3.8, 4) is 5.75 Å². The van der Waals surface area contributed by atoms with Crippen LogP contribution in [0.15, 0.2) is 54.6 Å². The minimum Gasteiger partial charge on any atom is -0.494 e. The Hall–Kier alpha value is -3.22. The Morgan fingerprint density at radius 3 is 2.60 bits per heavy atom. The predicted molar refractivity (Wildman–Crippen MR) is 91.6 cm³/mol. The summed E-state index contributed by atoms with van der Waals surface area (Å²) in [6, 6.07) is 14.0. The van der Waals surface area contributed by atoms with Crippen LogP contribution in [0.2, 0.25) is 0 Å². The van der Waals surface area contributed by atoms with Gasteiger partial charge in [-0.3, -0.25) is 0 Å². The number of tetrazole rings is 1. The van der Waals surface area contributed by atoms with E-state index in [0.717, 1.165) is 22.6 Å². The molecule has 2 heterocycles.